The van der Waals surface area contributed by atoms with Crippen molar-refractivity contribution in [1.82, 2.24) is 20.1 Å². The molecule has 7 nitrogen and oxygen atoms in total. The number of nitrogens with zero attached hydrogens (tertiary/aromatic N) is 3. The number of aromatic amines is 1. The number of fused-ring (bicyclic) bond motifs is 1. The van der Waals surface area contributed by atoms with E-state index >= 15 is 0 Å². The number of nitrogens with one attached hydrogen (secondary N) is 1. The molecule has 5 rings (SSSR count). The molecule has 1 amide bonds. The first-order valence-corrected chi connectivity index (χ1v) is 11.3. The first kappa shape index (κ1) is 21.7. The van der Waals surface area contributed by atoms with Gasteiger partial charge in [-0.15, -0.1) is 0 Å². The standard InChI is InChI=1S/C27H26N4O3/c1-3-15-34-22-12-8-20(9-13-22)26-23-24(19-6-10-21(33-2)11-7-19)29-30-25(23)27(32)31(26)17-18-5-4-14-28-16-18/h4-14,16,26H,3,15,17H2,1-2H3,(H,29,30). The molecular formula is C27H26N4O3. The fourth-order valence-electron chi connectivity index (χ4n) is 4.33. The number of carbonyl (C=O) groups is 1. The van der Waals surface area contributed by atoms with E-state index < -0.39 is 0 Å². The number of carbonyl (C=O) groups excluding carboxylic acids is 1. The quantitative estimate of drug-likeness (QED) is 0.405. The molecule has 0 saturated carbocycles. The molecule has 172 valence electrons. The van der Waals surface area contributed by atoms with Crippen LogP contribution in [0.25, 0.3) is 11.3 Å². The Morgan fingerprint density at radius 1 is 1.03 bits per heavy atom. The molecule has 0 radical (unpaired) electrons. The second-order valence-corrected chi connectivity index (χ2v) is 8.20. The average Bonchev–Trinajstić information content (AvgIpc) is 3.43. The predicted octanol–water partition coefficient (Wildman–Crippen LogP) is 5.01. The highest BCUT2D eigenvalue weighted by Gasteiger charge is 2.42. The molecule has 0 fully saturated rings. The van der Waals surface area contributed by atoms with E-state index in [9.17, 15) is 4.79 Å². The number of hydrogen-bond donors (Lipinski definition) is 1. The van der Waals surface area contributed by atoms with Crippen molar-refractivity contribution >= 4 is 5.91 Å². The molecule has 0 spiro atoms. The van der Waals surface area contributed by atoms with Crippen molar-refractivity contribution in [3.8, 4) is 22.8 Å². The second kappa shape index (κ2) is 9.39. The summed E-state index contributed by atoms with van der Waals surface area (Å²) < 4.78 is 11.1. The Morgan fingerprint density at radius 2 is 1.79 bits per heavy atom. The van der Waals surface area contributed by atoms with Crippen molar-refractivity contribution in [2.45, 2.75) is 25.9 Å². The Hall–Kier alpha value is -4.13. The van der Waals surface area contributed by atoms with E-state index in [1.54, 1.807) is 19.5 Å². The lowest BCUT2D eigenvalue weighted by Gasteiger charge is -2.26. The number of benzene rings is 2. The van der Waals surface area contributed by atoms with E-state index in [0.717, 1.165) is 45.9 Å². The summed E-state index contributed by atoms with van der Waals surface area (Å²) in [7, 11) is 1.64. The zero-order valence-corrected chi connectivity index (χ0v) is 19.2. The number of H-pyrrole nitrogens is 1. The fraction of sp³-hybridized carbons (Fsp3) is 0.222. The molecule has 34 heavy (non-hydrogen) atoms. The zero-order valence-electron chi connectivity index (χ0n) is 19.2. The Morgan fingerprint density at radius 3 is 2.47 bits per heavy atom. The van der Waals surface area contributed by atoms with Gasteiger partial charge in [0.2, 0.25) is 0 Å². The zero-order chi connectivity index (χ0) is 23.5. The van der Waals surface area contributed by atoms with Gasteiger partial charge >= 0.3 is 0 Å². The van der Waals surface area contributed by atoms with Gasteiger partial charge in [-0.3, -0.25) is 14.9 Å². The summed E-state index contributed by atoms with van der Waals surface area (Å²) in [6.45, 7) is 3.19. The van der Waals surface area contributed by atoms with Crippen LogP contribution in [0.4, 0.5) is 0 Å². The SMILES string of the molecule is CCCOc1ccc(C2c3c(-c4ccc(OC)cc4)n[nH]c3C(=O)N2Cc2cccnc2)cc1. The normalized spacial score (nSPS) is 14.8. The highest BCUT2D eigenvalue weighted by Crippen LogP contribution is 2.43. The topological polar surface area (TPSA) is 80.3 Å². The lowest BCUT2D eigenvalue weighted by atomic mass is 9.96. The Labute approximate surface area is 198 Å². The molecule has 4 aromatic rings. The van der Waals surface area contributed by atoms with Gasteiger partial charge in [-0.25, -0.2) is 0 Å². The third kappa shape index (κ3) is 4.01. The minimum absolute atomic E-state index is 0.0811. The van der Waals surface area contributed by atoms with Crippen molar-refractivity contribution in [1.29, 1.82) is 0 Å². The van der Waals surface area contributed by atoms with Crippen LogP contribution in [-0.2, 0) is 6.54 Å². The van der Waals surface area contributed by atoms with Gasteiger partial charge in [-0.05, 0) is 60.0 Å². The number of aromatic nitrogens is 3. The third-order valence-corrected chi connectivity index (χ3v) is 5.97. The predicted molar refractivity (Wildman–Crippen MR) is 129 cm³/mol. The number of amides is 1. The number of hydrogen-bond acceptors (Lipinski definition) is 5. The van der Waals surface area contributed by atoms with Crippen LogP contribution in [-0.4, -0.2) is 39.7 Å². The minimum atomic E-state index is -0.293. The number of ether oxygens (including phenoxy) is 2. The lowest BCUT2D eigenvalue weighted by molar-refractivity contribution is 0.0730. The number of methoxy groups -OCH3 is 1. The van der Waals surface area contributed by atoms with Gasteiger partial charge in [0.15, 0.2) is 0 Å². The van der Waals surface area contributed by atoms with Crippen molar-refractivity contribution in [3.05, 3.63) is 95.4 Å². The van der Waals surface area contributed by atoms with E-state index in [0.29, 0.717) is 18.8 Å². The monoisotopic (exact) mass is 454 g/mol. The van der Waals surface area contributed by atoms with E-state index in [1.165, 1.54) is 0 Å². The van der Waals surface area contributed by atoms with Crippen LogP contribution in [0.2, 0.25) is 0 Å². The van der Waals surface area contributed by atoms with Gasteiger partial charge in [0.1, 0.15) is 17.2 Å². The second-order valence-electron chi connectivity index (χ2n) is 8.20. The molecule has 0 bridgehead atoms. The molecule has 1 N–H and O–H groups in total. The number of pyridine rings is 1. The van der Waals surface area contributed by atoms with Crippen LogP contribution in [0.1, 0.15) is 46.6 Å². The van der Waals surface area contributed by atoms with Gasteiger partial charge < -0.3 is 14.4 Å². The van der Waals surface area contributed by atoms with Crippen LogP contribution in [0.15, 0.2) is 73.1 Å². The Balaban J connectivity index is 1.57. The summed E-state index contributed by atoms with van der Waals surface area (Å²) >= 11 is 0. The van der Waals surface area contributed by atoms with Crippen LogP contribution >= 0.6 is 0 Å². The molecule has 1 aliphatic heterocycles. The molecule has 0 saturated heterocycles. The summed E-state index contributed by atoms with van der Waals surface area (Å²) in [5.74, 6) is 1.50. The maximum absolute atomic E-state index is 13.5. The van der Waals surface area contributed by atoms with Crippen molar-refractivity contribution in [3.63, 3.8) is 0 Å². The smallest absolute Gasteiger partial charge is 0.273 e. The first-order valence-electron chi connectivity index (χ1n) is 11.3. The van der Waals surface area contributed by atoms with E-state index in [4.69, 9.17) is 9.47 Å². The van der Waals surface area contributed by atoms with Crippen LogP contribution in [0, 0.1) is 0 Å². The van der Waals surface area contributed by atoms with E-state index in [1.807, 2.05) is 65.6 Å². The minimum Gasteiger partial charge on any atom is -0.497 e. The average molecular weight is 455 g/mol. The fourth-order valence-corrected chi connectivity index (χ4v) is 4.33. The lowest BCUT2D eigenvalue weighted by Crippen LogP contribution is -2.29. The number of rotatable bonds is 8. The summed E-state index contributed by atoms with van der Waals surface area (Å²) in [4.78, 5) is 19.6. The van der Waals surface area contributed by atoms with Crippen LogP contribution in [0.3, 0.4) is 0 Å². The van der Waals surface area contributed by atoms with Crippen molar-refractivity contribution in [2.75, 3.05) is 13.7 Å². The highest BCUT2D eigenvalue weighted by molar-refractivity contribution is 6.00. The molecule has 7 heteroatoms. The highest BCUT2D eigenvalue weighted by atomic mass is 16.5. The maximum Gasteiger partial charge on any atom is 0.273 e. The Bertz CT molecular complexity index is 1270. The molecule has 2 aromatic carbocycles. The molecule has 0 aliphatic carbocycles. The van der Waals surface area contributed by atoms with Gasteiger partial charge in [0, 0.05) is 30.1 Å². The molecular weight excluding hydrogens is 428 g/mol. The van der Waals surface area contributed by atoms with Gasteiger partial charge in [-0.2, -0.15) is 5.10 Å². The summed E-state index contributed by atoms with van der Waals surface area (Å²) in [5.41, 5.74) is 5.04. The van der Waals surface area contributed by atoms with Gasteiger partial charge in [0.25, 0.3) is 5.91 Å². The third-order valence-electron chi connectivity index (χ3n) is 5.97. The van der Waals surface area contributed by atoms with E-state index in [2.05, 4.69) is 22.1 Å². The van der Waals surface area contributed by atoms with Gasteiger partial charge in [-0.1, -0.05) is 25.1 Å². The van der Waals surface area contributed by atoms with Crippen molar-refractivity contribution in [2.24, 2.45) is 0 Å². The van der Waals surface area contributed by atoms with Crippen LogP contribution in [0.5, 0.6) is 11.5 Å². The van der Waals surface area contributed by atoms with Gasteiger partial charge in [0.05, 0.1) is 25.5 Å². The molecule has 3 heterocycles. The van der Waals surface area contributed by atoms with Crippen molar-refractivity contribution < 1.29 is 14.3 Å². The van der Waals surface area contributed by atoms with E-state index in [-0.39, 0.29) is 11.9 Å². The maximum atomic E-state index is 13.5. The largest absolute Gasteiger partial charge is 0.497 e. The Kier molecular flexibility index (Phi) is 5.99. The molecule has 1 unspecified atom stereocenters. The summed E-state index contributed by atoms with van der Waals surface area (Å²) in [6.07, 6.45) is 4.47. The molecule has 1 atom stereocenters. The summed E-state index contributed by atoms with van der Waals surface area (Å²) in [5, 5.41) is 7.54. The first-order chi connectivity index (χ1) is 16.7. The molecule has 1 aliphatic rings. The summed E-state index contributed by atoms with van der Waals surface area (Å²) in [6, 6.07) is 19.3. The van der Waals surface area contributed by atoms with Crippen LogP contribution < -0.4 is 9.47 Å². The molecule has 2 aromatic heterocycles.